The largest absolute Gasteiger partial charge is 0.293 e. The predicted octanol–water partition coefficient (Wildman–Crippen LogP) is 1.93. The van der Waals surface area contributed by atoms with Crippen LogP contribution in [-0.2, 0) is 10.0 Å². The van der Waals surface area contributed by atoms with Crippen LogP contribution in [0.25, 0.3) is 0 Å². The fraction of sp³-hybridized carbons (Fsp3) is 0.462. The highest BCUT2D eigenvalue weighted by Crippen LogP contribution is 2.05. The molecule has 0 saturated heterocycles. The fourth-order valence-corrected chi connectivity index (χ4v) is 3.50. The van der Waals surface area contributed by atoms with E-state index in [9.17, 15) is 13.2 Å². The average Bonchev–Trinajstić information content (AvgIpc) is 2.36. The number of rotatable bonds is 8. The zero-order valence-corrected chi connectivity index (χ0v) is 12.8. The summed E-state index contributed by atoms with van der Waals surface area (Å²) < 4.78 is 26.2. The molecule has 4 nitrogen and oxygen atoms in total. The summed E-state index contributed by atoms with van der Waals surface area (Å²) in [4.78, 5) is 11.8. The van der Waals surface area contributed by atoms with Crippen molar-refractivity contribution in [1.29, 1.82) is 0 Å². The van der Waals surface area contributed by atoms with E-state index >= 15 is 0 Å². The zero-order valence-electron chi connectivity index (χ0n) is 11.1. The summed E-state index contributed by atoms with van der Waals surface area (Å²) in [7, 11) is -3.57. The molecular weight excluding hydrogens is 282 g/mol. The minimum Gasteiger partial charge on any atom is -0.293 e. The first-order valence-corrected chi connectivity index (χ1v) is 9.06. The van der Waals surface area contributed by atoms with Crippen LogP contribution in [0, 0.1) is 0 Å². The van der Waals surface area contributed by atoms with E-state index in [1.807, 2.05) is 6.26 Å². The van der Waals surface area contributed by atoms with Gasteiger partial charge in [0.05, 0.1) is 0 Å². The lowest BCUT2D eigenvalue weighted by Gasteiger charge is -2.13. The summed E-state index contributed by atoms with van der Waals surface area (Å²) in [5.74, 6) is 0.00175. The average molecular weight is 301 g/mol. The molecule has 1 atom stereocenters. The Bertz CT molecular complexity index is 500. The number of thioether (sulfide) groups is 1. The molecule has 6 heteroatoms. The van der Waals surface area contributed by atoms with E-state index in [1.165, 1.54) is 0 Å². The molecule has 0 amide bonds. The van der Waals surface area contributed by atoms with Gasteiger partial charge in [0, 0.05) is 11.6 Å². The molecule has 19 heavy (non-hydrogen) atoms. The van der Waals surface area contributed by atoms with E-state index in [4.69, 9.17) is 0 Å². The molecule has 1 N–H and O–H groups in total. The molecule has 1 aromatic rings. The molecule has 0 radical (unpaired) electrons. The third-order valence-corrected chi connectivity index (χ3v) is 4.60. The van der Waals surface area contributed by atoms with Gasteiger partial charge in [-0.1, -0.05) is 30.3 Å². The van der Waals surface area contributed by atoms with Crippen molar-refractivity contribution in [3.05, 3.63) is 35.9 Å². The Hall–Kier alpha value is -0.850. The topological polar surface area (TPSA) is 63.2 Å². The van der Waals surface area contributed by atoms with Crippen LogP contribution in [0.3, 0.4) is 0 Å². The lowest BCUT2D eigenvalue weighted by atomic mass is 10.2. The maximum Gasteiger partial charge on any atom is 0.219 e. The first kappa shape index (κ1) is 16.2. The van der Waals surface area contributed by atoms with Crippen molar-refractivity contribution in [3.63, 3.8) is 0 Å². The van der Waals surface area contributed by atoms with Crippen LogP contribution in [0.15, 0.2) is 30.3 Å². The number of carbonyl (C=O) groups excluding carboxylic acids is 1. The van der Waals surface area contributed by atoms with E-state index in [0.717, 1.165) is 12.2 Å². The monoisotopic (exact) mass is 301 g/mol. The molecule has 0 aliphatic carbocycles. The van der Waals surface area contributed by atoms with Gasteiger partial charge < -0.3 is 0 Å². The molecule has 106 valence electrons. The highest BCUT2D eigenvalue weighted by molar-refractivity contribution is 7.98. The number of sulfonamides is 1. The summed E-state index contributed by atoms with van der Waals surface area (Å²) in [6.07, 6.45) is 2.72. The van der Waals surface area contributed by atoms with Crippen molar-refractivity contribution in [3.8, 4) is 0 Å². The predicted molar refractivity (Wildman–Crippen MR) is 80.2 cm³/mol. The molecule has 0 aliphatic rings. The van der Waals surface area contributed by atoms with Gasteiger partial charge in [0.15, 0.2) is 5.78 Å². The van der Waals surface area contributed by atoms with Crippen molar-refractivity contribution in [1.82, 2.24) is 4.72 Å². The Balaban J connectivity index is 2.57. The molecule has 0 spiro atoms. The Labute approximate surface area is 119 Å². The van der Waals surface area contributed by atoms with Gasteiger partial charge in [-0.25, -0.2) is 13.1 Å². The second-order valence-corrected chi connectivity index (χ2v) is 7.09. The van der Waals surface area contributed by atoms with Gasteiger partial charge in [-0.05, 0) is 25.4 Å². The Morgan fingerprint density at radius 3 is 2.53 bits per heavy atom. The second-order valence-electron chi connectivity index (χ2n) is 4.35. The van der Waals surface area contributed by atoms with Crippen LogP contribution >= 0.6 is 11.8 Å². The SMILES string of the molecule is CSCCC(C)NS(=O)(=O)CC(=O)c1ccccc1. The normalized spacial score (nSPS) is 13.2. The molecular formula is C13H19NO3S2. The lowest BCUT2D eigenvalue weighted by Crippen LogP contribution is -2.36. The van der Waals surface area contributed by atoms with Gasteiger partial charge in [-0.3, -0.25) is 4.79 Å². The number of Topliss-reactive ketones (excluding diaryl/α,β-unsaturated/α-hetero) is 1. The van der Waals surface area contributed by atoms with Gasteiger partial charge in [0.1, 0.15) is 5.75 Å². The van der Waals surface area contributed by atoms with Crippen LogP contribution in [0.1, 0.15) is 23.7 Å². The number of benzene rings is 1. The van der Waals surface area contributed by atoms with Crippen molar-refractivity contribution in [2.75, 3.05) is 17.8 Å². The summed E-state index contributed by atoms with van der Waals surface area (Å²) in [5, 5.41) is 0. The van der Waals surface area contributed by atoms with Gasteiger partial charge in [-0.15, -0.1) is 0 Å². The number of nitrogens with one attached hydrogen (secondary N) is 1. The molecule has 0 aromatic heterocycles. The second kappa shape index (κ2) is 7.67. The first-order chi connectivity index (χ1) is 8.94. The van der Waals surface area contributed by atoms with Crippen LogP contribution in [0.5, 0.6) is 0 Å². The van der Waals surface area contributed by atoms with Crippen LogP contribution in [0.2, 0.25) is 0 Å². The van der Waals surface area contributed by atoms with E-state index in [0.29, 0.717) is 5.56 Å². The minimum absolute atomic E-state index is 0.152. The minimum atomic E-state index is -3.57. The summed E-state index contributed by atoms with van der Waals surface area (Å²) in [5.41, 5.74) is 0.421. The number of carbonyl (C=O) groups is 1. The zero-order chi connectivity index (χ0) is 14.3. The highest BCUT2D eigenvalue weighted by Gasteiger charge is 2.19. The van der Waals surface area contributed by atoms with E-state index < -0.39 is 15.8 Å². The van der Waals surface area contributed by atoms with Crippen molar-refractivity contribution in [2.45, 2.75) is 19.4 Å². The third-order valence-electron chi connectivity index (χ3n) is 2.55. The maximum absolute atomic E-state index is 11.8. The van der Waals surface area contributed by atoms with Crippen LogP contribution < -0.4 is 4.72 Å². The number of ketones is 1. The van der Waals surface area contributed by atoms with E-state index in [2.05, 4.69) is 4.72 Å². The molecule has 0 heterocycles. The summed E-state index contributed by atoms with van der Waals surface area (Å²) in [6.45, 7) is 1.81. The van der Waals surface area contributed by atoms with Crippen LogP contribution in [-0.4, -0.2) is 38.0 Å². The Morgan fingerprint density at radius 2 is 1.95 bits per heavy atom. The number of hydrogen-bond donors (Lipinski definition) is 1. The molecule has 1 unspecified atom stereocenters. The molecule has 0 fully saturated rings. The van der Waals surface area contributed by atoms with Crippen molar-refractivity contribution >= 4 is 27.6 Å². The van der Waals surface area contributed by atoms with Gasteiger partial charge in [0.25, 0.3) is 0 Å². The van der Waals surface area contributed by atoms with Gasteiger partial charge in [-0.2, -0.15) is 11.8 Å². The van der Waals surface area contributed by atoms with Crippen molar-refractivity contribution in [2.24, 2.45) is 0 Å². The smallest absolute Gasteiger partial charge is 0.219 e. The maximum atomic E-state index is 11.8. The van der Waals surface area contributed by atoms with E-state index in [1.54, 1.807) is 49.0 Å². The highest BCUT2D eigenvalue weighted by atomic mass is 32.2. The van der Waals surface area contributed by atoms with Gasteiger partial charge in [0.2, 0.25) is 10.0 Å². The molecule has 1 aromatic carbocycles. The fourth-order valence-electron chi connectivity index (χ4n) is 1.58. The van der Waals surface area contributed by atoms with Crippen molar-refractivity contribution < 1.29 is 13.2 Å². The number of hydrogen-bond acceptors (Lipinski definition) is 4. The molecule has 0 bridgehead atoms. The van der Waals surface area contributed by atoms with Crippen LogP contribution in [0.4, 0.5) is 0 Å². The summed E-state index contributed by atoms with van der Waals surface area (Å²) in [6, 6.07) is 8.31. The summed E-state index contributed by atoms with van der Waals surface area (Å²) >= 11 is 1.66. The third kappa shape index (κ3) is 6.22. The first-order valence-electron chi connectivity index (χ1n) is 6.02. The Kier molecular flexibility index (Phi) is 6.54. The van der Waals surface area contributed by atoms with E-state index in [-0.39, 0.29) is 11.8 Å². The lowest BCUT2D eigenvalue weighted by molar-refractivity contribution is 0.102. The molecule has 0 saturated carbocycles. The molecule has 0 aliphatic heterocycles. The molecule has 1 rings (SSSR count). The van der Waals surface area contributed by atoms with Gasteiger partial charge >= 0.3 is 0 Å². The standard InChI is InChI=1S/C13H19NO3S2/c1-11(8-9-18-2)14-19(16,17)10-13(15)12-6-4-3-5-7-12/h3-7,11,14H,8-10H2,1-2H3. The quantitative estimate of drug-likeness (QED) is 0.745. The Morgan fingerprint density at radius 1 is 1.32 bits per heavy atom.